The maximum absolute atomic E-state index is 12.6. The number of fused-ring (bicyclic) bond motifs is 1. The molecule has 4 nitrogen and oxygen atoms in total. The van der Waals surface area contributed by atoms with Gasteiger partial charge in [0.05, 0.1) is 5.52 Å². The lowest BCUT2D eigenvalue weighted by molar-refractivity contribution is 0.498. The number of hydrogen-bond donors (Lipinski definition) is 0. The van der Waals surface area contributed by atoms with Crippen molar-refractivity contribution in [2.24, 2.45) is 14.1 Å². The van der Waals surface area contributed by atoms with Crippen molar-refractivity contribution in [1.29, 1.82) is 0 Å². The average molecular weight is 386 g/mol. The molecule has 4 aromatic rings. The third-order valence-corrected chi connectivity index (χ3v) is 5.88. The summed E-state index contributed by atoms with van der Waals surface area (Å²) in [6.45, 7) is 6.57. The molecule has 0 bridgehead atoms. The molecule has 4 rings (SSSR count). The summed E-state index contributed by atoms with van der Waals surface area (Å²) in [6, 6.07) is 16.6. The van der Waals surface area contributed by atoms with Gasteiger partial charge in [-0.25, -0.2) is 4.98 Å². The van der Waals surface area contributed by atoms with E-state index in [0.717, 1.165) is 34.3 Å². The van der Waals surface area contributed by atoms with Gasteiger partial charge in [0.25, 0.3) is 5.56 Å². The summed E-state index contributed by atoms with van der Waals surface area (Å²) in [7, 11) is 3.87. The highest BCUT2D eigenvalue weighted by Gasteiger charge is 2.24. The monoisotopic (exact) mass is 385 g/mol. The Morgan fingerprint density at radius 2 is 1.83 bits per heavy atom. The van der Waals surface area contributed by atoms with E-state index in [2.05, 4.69) is 66.7 Å². The van der Waals surface area contributed by atoms with E-state index in [0.29, 0.717) is 0 Å². The normalized spacial score (nSPS) is 11.9. The van der Waals surface area contributed by atoms with Gasteiger partial charge in [-0.05, 0) is 41.2 Å². The molecule has 0 saturated carbocycles. The summed E-state index contributed by atoms with van der Waals surface area (Å²) < 4.78 is 3.80. The lowest BCUT2D eigenvalue weighted by Gasteiger charge is -2.26. The lowest BCUT2D eigenvalue weighted by Crippen LogP contribution is -2.23. The Morgan fingerprint density at radius 1 is 1.03 bits per heavy atom. The molecule has 0 unspecified atom stereocenters. The Bertz CT molecular complexity index is 1260. The van der Waals surface area contributed by atoms with Gasteiger partial charge in [0.2, 0.25) is 0 Å². The smallest absolute Gasteiger partial charge is 0.251 e. The molecule has 0 aliphatic heterocycles. The number of benzene rings is 2. The number of nitrogens with zero attached hydrogens (tertiary/aromatic N) is 3. The van der Waals surface area contributed by atoms with Gasteiger partial charge in [0, 0.05) is 44.4 Å². The molecule has 0 fully saturated rings. The standard InChI is InChI=1S/C25H27N3O/c1-17-7-6-8-18(13-17)20-15-24(29)28(5)22-10-9-19(14-21(20)22)25(2,3)16-23-26-11-12-27(23)4/h6-15H,16H2,1-5H3. The fourth-order valence-corrected chi connectivity index (χ4v) is 4.00. The molecule has 0 aliphatic rings. The molecule has 148 valence electrons. The van der Waals surface area contributed by atoms with Crippen molar-refractivity contribution in [3.8, 4) is 11.1 Å². The first-order valence-corrected chi connectivity index (χ1v) is 9.94. The van der Waals surface area contributed by atoms with Crippen molar-refractivity contribution in [3.05, 3.63) is 88.2 Å². The number of pyridine rings is 1. The second kappa shape index (κ2) is 7.03. The zero-order valence-electron chi connectivity index (χ0n) is 17.7. The van der Waals surface area contributed by atoms with Crippen LogP contribution < -0.4 is 5.56 Å². The zero-order valence-corrected chi connectivity index (χ0v) is 17.7. The fourth-order valence-electron chi connectivity index (χ4n) is 4.00. The van der Waals surface area contributed by atoms with Crippen LogP contribution in [-0.4, -0.2) is 14.1 Å². The van der Waals surface area contributed by atoms with Gasteiger partial charge in [-0.2, -0.15) is 0 Å². The predicted octanol–water partition coefficient (Wildman–Crippen LogP) is 4.77. The number of aryl methyl sites for hydroxylation is 3. The molecule has 2 aromatic heterocycles. The summed E-state index contributed by atoms with van der Waals surface area (Å²) in [5.74, 6) is 1.06. The topological polar surface area (TPSA) is 39.8 Å². The molecule has 0 aliphatic carbocycles. The van der Waals surface area contributed by atoms with E-state index >= 15 is 0 Å². The van der Waals surface area contributed by atoms with E-state index in [4.69, 9.17) is 0 Å². The van der Waals surface area contributed by atoms with E-state index in [1.807, 2.05) is 32.6 Å². The molecule has 0 spiro atoms. The largest absolute Gasteiger partial charge is 0.338 e. The molecule has 0 radical (unpaired) electrons. The van der Waals surface area contributed by atoms with E-state index in [-0.39, 0.29) is 11.0 Å². The third-order valence-electron chi connectivity index (χ3n) is 5.88. The van der Waals surface area contributed by atoms with Crippen molar-refractivity contribution in [1.82, 2.24) is 14.1 Å². The predicted molar refractivity (Wildman–Crippen MR) is 119 cm³/mol. The van der Waals surface area contributed by atoms with Crippen LogP contribution in [0.1, 0.15) is 30.8 Å². The summed E-state index contributed by atoms with van der Waals surface area (Å²) in [5.41, 5.74) is 5.35. The van der Waals surface area contributed by atoms with Crippen LogP contribution in [0.2, 0.25) is 0 Å². The van der Waals surface area contributed by atoms with E-state index < -0.39 is 0 Å². The lowest BCUT2D eigenvalue weighted by atomic mass is 9.80. The van der Waals surface area contributed by atoms with Crippen molar-refractivity contribution < 1.29 is 0 Å². The molecule has 0 N–H and O–H groups in total. The number of imidazole rings is 1. The van der Waals surface area contributed by atoms with Crippen molar-refractivity contribution in [2.75, 3.05) is 0 Å². The minimum absolute atomic E-state index is 0.00836. The molecule has 2 aromatic carbocycles. The first-order valence-electron chi connectivity index (χ1n) is 9.94. The van der Waals surface area contributed by atoms with Gasteiger partial charge in [0.1, 0.15) is 5.82 Å². The minimum atomic E-state index is -0.0914. The molecule has 0 saturated heterocycles. The maximum Gasteiger partial charge on any atom is 0.251 e. The van der Waals surface area contributed by atoms with Crippen LogP contribution in [0.25, 0.3) is 22.0 Å². The van der Waals surface area contributed by atoms with E-state index in [1.165, 1.54) is 11.1 Å². The van der Waals surface area contributed by atoms with E-state index in [9.17, 15) is 4.79 Å². The quantitative estimate of drug-likeness (QED) is 0.508. The van der Waals surface area contributed by atoms with Gasteiger partial charge in [-0.3, -0.25) is 4.79 Å². The highest BCUT2D eigenvalue weighted by atomic mass is 16.1. The van der Waals surface area contributed by atoms with Gasteiger partial charge in [0.15, 0.2) is 0 Å². The molecule has 4 heteroatoms. The molecule has 2 heterocycles. The summed E-state index contributed by atoms with van der Waals surface area (Å²) >= 11 is 0. The van der Waals surface area contributed by atoms with Crippen LogP contribution in [0, 0.1) is 6.92 Å². The Morgan fingerprint density at radius 3 is 2.52 bits per heavy atom. The second-order valence-electron chi connectivity index (χ2n) is 8.57. The van der Waals surface area contributed by atoms with Crippen LogP contribution in [0.4, 0.5) is 0 Å². The second-order valence-corrected chi connectivity index (χ2v) is 8.57. The van der Waals surface area contributed by atoms with Crippen LogP contribution >= 0.6 is 0 Å². The minimum Gasteiger partial charge on any atom is -0.338 e. The van der Waals surface area contributed by atoms with Crippen molar-refractivity contribution in [3.63, 3.8) is 0 Å². The van der Waals surface area contributed by atoms with Crippen LogP contribution in [0.15, 0.2) is 65.7 Å². The van der Waals surface area contributed by atoms with Crippen LogP contribution in [0.3, 0.4) is 0 Å². The summed E-state index contributed by atoms with van der Waals surface area (Å²) in [6.07, 6.45) is 4.67. The van der Waals surface area contributed by atoms with E-state index in [1.54, 1.807) is 10.6 Å². The SMILES string of the molecule is Cc1cccc(-c2cc(=O)n(C)c3ccc(C(C)(C)Cc4nccn4C)cc23)c1. The third kappa shape index (κ3) is 3.51. The van der Waals surface area contributed by atoms with Gasteiger partial charge in [-0.1, -0.05) is 49.7 Å². The number of aromatic nitrogens is 3. The molecular formula is C25H27N3O. The van der Waals surface area contributed by atoms with Crippen molar-refractivity contribution in [2.45, 2.75) is 32.6 Å². The van der Waals surface area contributed by atoms with Gasteiger partial charge < -0.3 is 9.13 Å². The highest BCUT2D eigenvalue weighted by Crippen LogP contribution is 2.33. The first-order chi connectivity index (χ1) is 13.8. The Hall–Kier alpha value is -3.14. The van der Waals surface area contributed by atoms with Gasteiger partial charge in [-0.15, -0.1) is 0 Å². The van der Waals surface area contributed by atoms with Crippen molar-refractivity contribution >= 4 is 10.9 Å². The molecule has 0 amide bonds. The zero-order chi connectivity index (χ0) is 20.8. The summed E-state index contributed by atoms with van der Waals surface area (Å²) in [4.78, 5) is 17.1. The first kappa shape index (κ1) is 19.2. The molecule has 0 atom stereocenters. The molecular weight excluding hydrogens is 358 g/mol. The maximum atomic E-state index is 12.6. The summed E-state index contributed by atoms with van der Waals surface area (Å²) in [5, 5.41) is 1.10. The fraction of sp³-hybridized carbons (Fsp3) is 0.280. The number of hydrogen-bond acceptors (Lipinski definition) is 2. The van der Waals surface area contributed by atoms with Crippen LogP contribution in [-0.2, 0) is 25.9 Å². The molecule has 29 heavy (non-hydrogen) atoms. The Labute approximate surface area is 171 Å². The van der Waals surface area contributed by atoms with Crippen LogP contribution in [0.5, 0.6) is 0 Å². The Kier molecular flexibility index (Phi) is 4.65. The average Bonchev–Trinajstić information content (AvgIpc) is 3.08. The highest BCUT2D eigenvalue weighted by molar-refractivity contribution is 5.95. The van der Waals surface area contributed by atoms with Gasteiger partial charge >= 0.3 is 0 Å². The number of rotatable bonds is 4. The Balaban J connectivity index is 1.90.